The number of benzene rings is 1. The molecule has 0 radical (unpaired) electrons. The Kier molecular flexibility index (Phi) is 7.07. The number of carbonyl (C=O) groups excluding carboxylic acids is 1. The van der Waals surface area contributed by atoms with E-state index in [0.29, 0.717) is 12.2 Å². The Morgan fingerprint density at radius 2 is 1.90 bits per heavy atom. The van der Waals surface area contributed by atoms with Gasteiger partial charge in [-0.2, -0.15) is 0 Å². The maximum absolute atomic E-state index is 12.3. The normalized spacial score (nSPS) is 16.3. The highest BCUT2D eigenvalue weighted by molar-refractivity contribution is 5.93. The summed E-state index contributed by atoms with van der Waals surface area (Å²) in [6.45, 7) is 8.03. The third-order valence-electron chi connectivity index (χ3n) is 5.42. The van der Waals surface area contributed by atoms with Gasteiger partial charge in [-0.25, -0.2) is 0 Å². The molecule has 9 nitrogen and oxygen atoms in total. The Labute approximate surface area is 175 Å². The van der Waals surface area contributed by atoms with E-state index in [9.17, 15) is 19.8 Å². The zero-order valence-electron chi connectivity index (χ0n) is 17.3. The van der Waals surface area contributed by atoms with E-state index in [-0.39, 0.29) is 18.1 Å². The lowest BCUT2D eigenvalue weighted by Gasteiger charge is -2.35. The van der Waals surface area contributed by atoms with Crippen LogP contribution in [0.15, 0.2) is 28.8 Å². The van der Waals surface area contributed by atoms with E-state index < -0.39 is 11.9 Å². The average molecular weight is 416 g/mol. The van der Waals surface area contributed by atoms with Gasteiger partial charge in [-0.15, -0.1) is 0 Å². The molecule has 0 bridgehead atoms. The van der Waals surface area contributed by atoms with Gasteiger partial charge in [-0.3, -0.25) is 19.4 Å². The first kappa shape index (κ1) is 21.8. The molecule has 30 heavy (non-hydrogen) atoms. The van der Waals surface area contributed by atoms with Crippen LogP contribution in [0, 0.1) is 19.8 Å². The van der Waals surface area contributed by atoms with E-state index in [1.165, 1.54) is 12.1 Å². The highest BCUT2D eigenvalue weighted by Gasteiger charge is 2.27. The number of phenols is 1. The quantitative estimate of drug-likeness (QED) is 0.596. The van der Waals surface area contributed by atoms with Gasteiger partial charge in [0.2, 0.25) is 5.91 Å². The van der Waals surface area contributed by atoms with Gasteiger partial charge in [0, 0.05) is 63.0 Å². The topological polar surface area (TPSA) is 119 Å². The van der Waals surface area contributed by atoms with E-state index in [1.807, 2.05) is 13.8 Å². The number of aryl methyl sites for hydroxylation is 2. The summed E-state index contributed by atoms with van der Waals surface area (Å²) in [5.74, 6) is -1.30. The van der Waals surface area contributed by atoms with Crippen molar-refractivity contribution in [2.75, 3.05) is 38.0 Å². The second-order valence-electron chi connectivity index (χ2n) is 7.72. The number of carboxylic acids is 1. The van der Waals surface area contributed by atoms with Crippen LogP contribution in [0.5, 0.6) is 5.75 Å². The fourth-order valence-electron chi connectivity index (χ4n) is 3.64. The lowest BCUT2D eigenvalue weighted by Crippen LogP contribution is -2.48. The summed E-state index contributed by atoms with van der Waals surface area (Å²) in [7, 11) is 0. The van der Waals surface area contributed by atoms with Crippen LogP contribution in [0.3, 0.4) is 0 Å². The summed E-state index contributed by atoms with van der Waals surface area (Å²) in [4.78, 5) is 28.4. The van der Waals surface area contributed by atoms with Gasteiger partial charge in [0.1, 0.15) is 11.5 Å². The molecule has 162 valence electrons. The number of aliphatic carboxylic acids is 1. The van der Waals surface area contributed by atoms with Crippen LogP contribution in [0.4, 0.5) is 5.69 Å². The molecule has 1 aliphatic rings. The molecular weight excluding hydrogens is 388 g/mol. The van der Waals surface area contributed by atoms with Crippen molar-refractivity contribution in [2.45, 2.75) is 26.8 Å². The molecule has 0 spiro atoms. The van der Waals surface area contributed by atoms with Gasteiger partial charge in [0.25, 0.3) is 0 Å². The zero-order valence-corrected chi connectivity index (χ0v) is 17.3. The van der Waals surface area contributed by atoms with Crippen molar-refractivity contribution in [3.63, 3.8) is 0 Å². The molecule has 2 aromatic rings. The first-order chi connectivity index (χ1) is 14.3. The third-order valence-corrected chi connectivity index (χ3v) is 5.42. The molecule has 1 saturated heterocycles. The zero-order chi connectivity index (χ0) is 21.7. The third kappa shape index (κ3) is 5.80. The number of anilines is 1. The highest BCUT2D eigenvalue weighted by atomic mass is 16.5. The summed E-state index contributed by atoms with van der Waals surface area (Å²) < 4.78 is 5.22. The van der Waals surface area contributed by atoms with Gasteiger partial charge >= 0.3 is 5.97 Å². The molecule has 0 saturated carbocycles. The molecule has 0 unspecified atom stereocenters. The van der Waals surface area contributed by atoms with Crippen molar-refractivity contribution in [2.24, 2.45) is 5.92 Å². The van der Waals surface area contributed by atoms with Crippen LogP contribution >= 0.6 is 0 Å². The summed E-state index contributed by atoms with van der Waals surface area (Å²) in [5, 5.41) is 25.7. The molecule has 0 aliphatic carbocycles. The molecule has 1 aromatic heterocycles. The van der Waals surface area contributed by atoms with E-state index in [1.54, 1.807) is 12.1 Å². The number of aromatic nitrogens is 1. The average Bonchev–Trinajstić information content (AvgIpc) is 3.00. The van der Waals surface area contributed by atoms with Crippen LogP contribution in [0.25, 0.3) is 0 Å². The summed E-state index contributed by atoms with van der Waals surface area (Å²) in [6, 6.07) is 6.18. The minimum Gasteiger partial charge on any atom is -0.508 e. The van der Waals surface area contributed by atoms with E-state index in [2.05, 4.69) is 20.3 Å². The Bertz CT molecular complexity index is 870. The fraction of sp³-hybridized carbons (Fsp3) is 0.476. The van der Waals surface area contributed by atoms with Crippen molar-refractivity contribution in [1.29, 1.82) is 0 Å². The predicted molar refractivity (Wildman–Crippen MR) is 110 cm³/mol. The number of rotatable bonds is 8. The van der Waals surface area contributed by atoms with Crippen LogP contribution in [0.2, 0.25) is 0 Å². The maximum Gasteiger partial charge on any atom is 0.308 e. The van der Waals surface area contributed by atoms with Gasteiger partial charge in [0.15, 0.2) is 0 Å². The number of amides is 1. The summed E-state index contributed by atoms with van der Waals surface area (Å²) in [6.07, 6.45) is -0.121. The Morgan fingerprint density at radius 1 is 1.20 bits per heavy atom. The summed E-state index contributed by atoms with van der Waals surface area (Å²) >= 11 is 0. The minimum absolute atomic E-state index is 0.0389. The Balaban J connectivity index is 1.48. The molecule has 1 fully saturated rings. The van der Waals surface area contributed by atoms with Crippen molar-refractivity contribution >= 4 is 17.6 Å². The van der Waals surface area contributed by atoms with E-state index in [0.717, 1.165) is 49.7 Å². The largest absolute Gasteiger partial charge is 0.508 e. The van der Waals surface area contributed by atoms with Gasteiger partial charge in [0.05, 0.1) is 11.6 Å². The maximum atomic E-state index is 12.3. The number of carbonyl (C=O) groups is 2. The lowest BCUT2D eigenvalue weighted by molar-refractivity contribution is -0.144. The first-order valence-electron chi connectivity index (χ1n) is 10.00. The van der Waals surface area contributed by atoms with Crippen LogP contribution in [0.1, 0.15) is 23.4 Å². The molecule has 9 heteroatoms. The minimum atomic E-state index is -0.987. The van der Waals surface area contributed by atoms with Gasteiger partial charge in [-0.1, -0.05) is 11.2 Å². The second kappa shape index (κ2) is 9.73. The fourth-order valence-corrected chi connectivity index (χ4v) is 3.64. The molecule has 1 aliphatic heterocycles. The van der Waals surface area contributed by atoms with E-state index in [4.69, 9.17) is 4.52 Å². The molecule has 1 aromatic carbocycles. The standard InChI is InChI=1S/C21H28N4O5/c1-14-19(15(2)30-23-14)13-25-8-6-24(7-9-25)12-16(21(28)29)10-20(27)22-17-4-3-5-18(26)11-17/h3-5,11,16,26H,6-10,12-13H2,1-2H3,(H,22,27)(H,28,29)/t16-/m1/s1. The van der Waals surface area contributed by atoms with Crippen LogP contribution < -0.4 is 5.32 Å². The predicted octanol–water partition coefficient (Wildman–Crippen LogP) is 1.84. The van der Waals surface area contributed by atoms with Crippen LogP contribution in [-0.2, 0) is 16.1 Å². The molecule has 1 amide bonds. The van der Waals surface area contributed by atoms with Crippen molar-refractivity contribution in [1.82, 2.24) is 15.0 Å². The van der Waals surface area contributed by atoms with Crippen molar-refractivity contribution < 1.29 is 24.3 Å². The first-order valence-corrected chi connectivity index (χ1v) is 10.00. The number of piperazine rings is 1. The number of nitrogens with one attached hydrogen (secondary N) is 1. The number of hydrogen-bond acceptors (Lipinski definition) is 7. The number of nitrogens with zero attached hydrogens (tertiary/aromatic N) is 3. The number of phenolic OH excluding ortho intramolecular Hbond substituents is 1. The Morgan fingerprint density at radius 3 is 2.50 bits per heavy atom. The highest BCUT2D eigenvalue weighted by Crippen LogP contribution is 2.19. The number of carboxylic acid groups (broad SMARTS) is 1. The molecule has 2 heterocycles. The summed E-state index contributed by atoms with van der Waals surface area (Å²) in [5.41, 5.74) is 2.45. The number of hydrogen-bond donors (Lipinski definition) is 3. The monoisotopic (exact) mass is 416 g/mol. The van der Waals surface area contributed by atoms with Crippen molar-refractivity contribution in [3.8, 4) is 5.75 Å². The van der Waals surface area contributed by atoms with Gasteiger partial charge < -0.3 is 20.1 Å². The Hall–Kier alpha value is -2.91. The molecule has 3 N–H and O–H groups in total. The lowest BCUT2D eigenvalue weighted by atomic mass is 10.0. The molecule has 3 rings (SSSR count). The van der Waals surface area contributed by atoms with Crippen LogP contribution in [-0.4, -0.2) is 69.8 Å². The SMILES string of the molecule is Cc1noc(C)c1CN1CCN(C[C@@H](CC(=O)Nc2cccc(O)c2)C(=O)O)CC1. The molecular formula is C21H28N4O5. The second-order valence-corrected chi connectivity index (χ2v) is 7.72. The van der Waals surface area contributed by atoms with E-state index >= 15 is 0 Å². The number of aromatic hydroxyl groups is 1. The molecule has 1 atom stereocenters. The van der Waals surface area contributed by atoms with Crippen molar-refractivity contribution in [3.05, 3.63) is 41.3 Å². The van der Waals surface area contributed by atoms with Gasteiger partial charge in [-0.05, 0) is 26.0 Å². The smallest absolute Gasteiger partial charge is 0.308 e.